The van der Waals surface area contributed by atoms with E-state index in [4.69, 9.17) is 4.74 Å². The minimum absolute atomic E-state index is 0.0305. The molecule has 0 aromatic heterocycles. The molecule has 1 aromatic rings. The van der Waals surface area contributed by atoms with Crippen LogP contribution >= 0.6 is 0 Å². The van der Waals surface area contributed by atoms with E-state index in [0.717, 1.165) is 0 Å². The summed E-state index contributed by atoms with van der Waals surface area (Å²) in [5.74, 6) is -2.89. The van der Waals surface area contributed by atoms with E-state index in [2.05, 4.69) is 4.74 Å². The van der Waals surface area contributed by atoms with Crippen LogP contribution in [-0.2, 0) is 19.1 Å². The highest BCUT2D eigenvalue weighted by Crippen LogP contribution is 2.22. The summed E-state index contributed by atoms with van der Waals surface area (Å²) in [6.45, 7) is 0.669. The van der Waals surface area contributed by atoms with Gasteiger partial charge in [0.25, 0.3) is 0 Å². The molecule has 136 valence electrons. The van der Waals surface area contributed by atoms with E-state index in [1.54, 1.807) is 6.07 Å². The van der Waals surface area contributed by atoms with E-state index >= 15 is 0 Å². The minimum Gasteiger partial charge on any atom is -0.460 e. The van der Waals surface area contributed by atoms with Crippen LogP contribution in [0.2, 0.25) is 0 Å². The summed E-state index contributed by atoms with van der Waals surface area (Å²) in [6.07, 6.45) is -9.11. The van der Waals surface area contributed by atoms with Crippen molar-refractivity contribution in [2.75, 3.05) is 6.61 Å². The molecule has 0 radical (unpaired) electrons. The smallest absolute Gasteiger partial charge is 0.350 e. The molecule has 0 bridgehead atoms. The highest BCUT2D eigenvalue weighted by Gasteiger charge is 2.44. The molecule has 0 aliphatic carbocycles. The van der Waals surface area contributed by atoms with Crippen LogP contribution in [0.3, 0.4) is 0 Å². The molecule has 25 heavy (non-hydrogen) atoms. The molecule has 2 rings (SSSR count). The van der Waals surface area contributed by atoms with Crippen molar-refractivity contribution in [1.82, 2.24) is 0 Å². The van der Waals surface area contributed by atoms with Crippen LogP contribution in [0.15, 0.2) is 24.3 Å². The summed E-state index contributed by atoms with van der Waals surface area (Å²) in [7, 11) is 0. The van der Waals surface area contributed by atoms with Gasteiger partial charge >= 0.3 is 11.9 Å². The highest BCUT2D eigenvalue weighted by atomic mass is 16.6. The molecule has 0 saturated carbocycles. The molecule has 1 fully saturated rings. The van der Waals surface area contributed by atoms with Gasteiger partial charge in [-0.3, -0.25) is 4.79 Å². The Morgan fingerprint density at radius 2 is 1.84 bits per heavy atom. The summed E-state index contributed by atoms with van der Waals surface area (Å²) in [5, 5.41) is 39.2. The second-order valence-electron chi connectivity index (χ2n) is 5.58. The fraction of sp³-hybridized carbons (Fsp3) is 0.438. The Balaban J connectivity index is 2.20. The first-order valence-corrected chi connectivity index (χ1v) is 7.43. The van der Waals surface area contributed by atoms with Crippen LogP contribution in [0.1, 0.15) is 28.9 Å². The van der Waals surface area contributed by atoms with Crippen molar-refractivity contribution < 1.29 is 44.3 Å². The predicted octanol–water partition coefficient (Wildman–Crippen LogP) is -1.53. The lowest BCUT2D eigenvalue weighted by molar-refractivity contribution is -0.181. The molecule has 1 aromatic carbocycles. The highest BCUT2D eigenvalue weighted by molar-refractivity contribution is 5.97. The lowest BCUT2D eigenvalue weighted by atomic mass is 9.99. The van der Waals surface area contributed by atoms with Gasteiger partial charge in [-0.1, -0.05) is 24.3 Å². The number of ketones is 1. The van der Waals surface area contributed by atoms with Crippen molar-refractivity contribution in [2.45, 2.75) is 37.4 Å². The van der Waals surface area contributed by atoms with Gasteiger partial charge in [-0.2, -0.15) is 0 Å². The zero-order chi connectivity index (χ0) is 18.7. The minimum atomic E-state index is -1.94. The van der Waals surface area contributed by atoms with E-state index in [1.807, 2.05) is 0 Å². The maximum atomic E-state index is 12.1. The normalized spacial score (nSPS) is 27.8. The molecule has 0 spiro atoms. The maximum Gasteiger partial charge on any atom is 0.350 e. The van der Waals surface area contributed by atoms with E-state index in [9.17, 15) is 34.8 Å². The summed E-state index contributed by atoms with van der Waals surface area (Å²) in [6, 6.07) is 5.78. The molecule has 0 amide bonds. The quantitative estimate of drug-likeness (QED) is 0.373. The Hall–Kier alpha value is -2.33. The molecule has 1 heterocycles. The van der Waals surface area contributed by atoms with Crippen LogP contribution in [-0.4, -0.2) is 69.2 Å². The van der Waals surface area contributed by atoms with Crippen LogP contribution in [0.5, 0.6) is 0 Å². The summed E-state index contributed by atoms with van der Waals surface area (Å²) >= 11 is 0. The molecule has 4 N–H and O–H groups in total. The van der Waals surface area contributed by atoms with E-state index in [0.29, 0.717) is 0 Å². The van der Waals surface area contributed by atoms with Gasteiger partial charge in [0.2, 0.25) is 6.10 Å². The Bertz CT molecular complexity index is 671. The van der Waals surface area contributed by atoms with Gasteiger partial charge in [0.1, 0.15) is 24.9 Å². The Morgan fingerprint density at radius 1 is 1.20 bits per heavy atom. The SMILES string of the molecule is CC(=O)c1ccccc1C(O)C(=O)O[C@H]1C(=O)OC[C@@H](O)[C@@H](O)[C@@H]1O. The first-order chi connectivity index (χ1) is 11.7. The third kappa shape index (κ3) is 4.02. The second kappa shape index (κ2) is 7.70. The topological polar surface area (TPSA) is 151 Å². The largest absolute Gasteiger partial charge is 0.460 e. The average Bonchev–Trinajstić information content (AvgIpc) is 2.68. The number of esters is 2. The zero-order valence-corrected chi connectivity index (χ0v) is 13.2. The van der Waals surface area contributed by atoms with Crippen LogP contribution in [0.25, 0.3) is 0 Å². The second-order valence-corrected chi connectivity index (χ2v) is 5.58. The van der Waals surface area contributed by atoms with Crippen molar-refractivity contribution in [3.63, 3.8) is 0 Å². The van der Waals surface area contributed by atoms with Crippen molar-refractivity contribution in [3.05, 3.63) is 35.4 Å². The van der Waals surface area contributed by atoms with Crippen molar-refractivity contribution in [2.24, 2.45) is 0 Å². The number of carbonyl (C=O) groups excluding carboxylic acids is 3. The van der Waals surface area contributed by atoms with Gasteiger partial charge < -0.3 is 29.9 Å². The zero-order valence-electron chi connectivity index (χ0n) is 13.2. The third-order valence-electron chi connectivity index (χ3n) is 3.78. The van der Waals surface area contributed by atoms with Gasteiger partial charge in [-0.15, -0.1) is 0 Å². The van der Waals surface area contributed by atoms with Crippen LogP contribution in [0.4, 0.5) is 0 Å². The molecule has 9 nitrogen and oxygen atoms in total. The van der Waals surface area contributed by atoms with Crippen LogP contribution < -0.4 is 0 Å². The number of hydrogen-bond acceptors (Lipinski definition) is 9. The number of rotatable bonds is 4. The first kappa shape index (κ1) is 19.0. The Labute approximate surface area is 142 Å². The molecule has 9 heteroatoms. The number of cyclic esters (lactones) is 1. The van der Waals surface area contributed by atoms with Crippen molar-refractivity contribution >= 4 is 17.7 Å². The van der Waals surface area contributed by atoms with Gasteiger partial charge in [0.05, 0.1) is 0 Å². The lowest BCUT2D eigenvalue weighted by Gasteiger charge is -2.24. The summed E-state index contributed by atoms with van der Waals surface area (Å²) in [5.41, 5.74) is 0.0588. The van der Waals surface area contributed by atoms with Crippen molar-refractivity contribution in [1.29, 1.82) is 0 Å². The molecule has 1 aliphatic rings. The molecule has 1 unspecified atom stereocenters. The molecule has 1 aliphatic heterocycles. The first-order valence-electron chi connectivity index (χ1n) is 7.43. The fourth-order valence-electron chi connectivity index (χ4n) is 2.38. The van der Waals surface area contributed by atoms with E-state index < -0.39 is 54.8 Å². The third-order valence-corrected chi connectivity index (χ3v) is 3.78. The fourth-order valence-corrected chi connectivity index (χ4v) is 2.38. The van der Waals surface area contributed by atoms with Gasteiger partial charge in [-0.25, -0.2) is 9.59 Å². The maximum absolute atomic E-state index is 12.1. The van der Waals surface area contributed by atoms with Crippen LogP contribution in [0, 0.1) is 0 Å². The Morgan fingerprint density at radius 3 is 2.48 bits per heavy atom. The standard InChI is InChI=1S/C16H18O9/c1-7(17)8-4-2-3-5-9(8)11(19)15(22)25-14-13(21)12(20)10(18)6-24-16(14)23/h2-5,10-14,18-21H,6H2,1H3/t10-,11?,12-,13+,14-/m1/s1. The molecular weight excluding hydrogens is 336 g/mol. The van der Waals surface area contributed by atoms with Crippen molar-refractivity contribution in [3.8, 4) is 0 Å². The predicted molar refractivity (Wildman–Crippen MR) is 80.3 cm³/mol. The lowest BCUT2D eigenvalue weighted by Crippen LogP contribution is -2.47. The van der Waals surface area contributed by atoms with E-state index in [-0.39, 0.29) is 11.1 Å². The number of ether oxygens (including phenoxy) is 2. The molecular formula is C16H18O9. The monoisotopic (exact) mass is 354 g/mol. The molecule has 5 atom stereocenters. The molecule has 1 saturated heterocycles. The van der Waals surface area contributed by atoms with Gasteiger partial charge in [-0.05, 0) is 6.92 Å². The van der Waals surface area contributed by atoms with Gasteiger partial charge in [0.15, 0.2) is 11.9 Å². The Kier molecular flexibility index (Phi) is 5.85. The summed E-state index contributed by atoms with van der Waals surface area (Å²) < 4.78 is 9.36. The number of benzene rings is 1. The number of hydrogen-bond donors (Lipinski definition) is 4. The number of carbonyl (C=O) groups is 3. The number of aliphatic hydroxyl groups excluding tert-OH is 4. The van der Waals surface area contributed by atoms with E-state index in [1.165, 1.54) is 25.1 Å². The number of Topliss-reactive ketones (excluding diaryl/α,β-unsaturated/α-hetero) is 1. The summed E-state index contributed by atoms with van der Waals surface area (Å²) in [4.78, 5) is 35.5. The number of aliphatic hydroxyl groups is 4. The average molecular weight is 354 g/mol. The van der Waals surface area contributed by atoms with Gasteiger partial charge in [0, 0.05) is 11.1 Å².